The van der Waals surface area contributed by atoms with Gasteiger partial charge >= 0.3 is 0 Å². The van der Waals surface area contributed by atoms with Crippen LogP contribution in [0.3, 0.4) is 0 Å². The highest BCUT2D eigenvalue weighted by Gasteiger charge is 2.27. The molecule has 2 amide bonds. The molecule has 0 spiro atoms. The third-order valence-electron chi connectivity index (χ3n) is 5.76. The number of likely N-dealkylation sites (tertiary alicyclic amines) is 1. The summed E-state index contributed by atoms with van der Waals surface area (Å²) in [4.78, 5) is 30.2. The molecular weight excluding hydrogens is 394 g/mol. The maximum Gasteiger partial charge on any atom is 0.255 e. The van der Waals surface area contributed by atoms with Crippen molar-refractivity contribution in [3.8, 4) is 10.4 Å². The topological polar surface area (TPSA) is 61.4 Å². The predicted molar refractivity (Wildman–Crippen MR) is 120 cm³/mol. The minimum absolute atomic E-state index is 0.135. The number of amides is 2. The number of nitrogens with one attached hydrogen (secondary N) is 2. The lowest BCUT2D eigenvalue weighted by Gasteiger charge is -2.13. The molecule has 2 aliphatic heterocycles. The van der Waals surface area contributed by atoms with E-state index in [4.69, 9.17) is 0 Å². The van der Waals surface area contributed by atoms with Gasteiger partial charge in [0.1, 0.15) is 0 Å². The molecule has 6 heteroatoms. The lowest BCUT2D eigenvalue weighted by Crippen LogP contribution is -2.17. The van der Waals surface area contributed by atoms with Gasteiger partial charge in [0.25, 0.3) is 11.8 Å². The van der Waals surface area contributed by atoms with Crippen molar-refractivity contribution >= 4 is 28.8 Å². The van der Waals surface area contributed by atoms with E-state index in [1.54, 1.807) is 23.5 Å². The number of carbonyl (C=O) groups excluding carboxylic acids is 2. The molecule has 30 heavy (non-hydrogen) atoms. The third kappa shape index (κ3) is 3.64. The smallest absolute Gasteiger partial charge is 0.255 e. The van der Waals surface area contributed by atoms with Gasteiger partial charge in [-0.2, -0.15) is 0 Å². The normalized spacial score (nSPS) is 15.8. The highest BCUT2D eigenvalue weighted by molar-refractivity contribution is 7.15. The summed E-state index contributed by atoms with van der Waals surface area (Å²) in [5.41, 5.74) is 3.73. The fraction of sp³-hybridized carbons (Fsp3) is 0.250. The van der Waals surface area contributed by atoms with Crippen LogP contribution >= 0.6 is 11.3 Å². The molecule has 1 aromatic heterocycles. The van der Waals surface area contributed by atoms with Crippen LogP contribution in [0.1, 0.15) is 44.0 Å². The quantitative estimate of drug-likeness (QED) is 0.642. The third-order valence-corrected chi connectivity index (χ3v) is 6.86. The van der Waals surface area contributed by atoms with Crippen molar-refractivity contribution in [3.63, 3.8) is 0 Å². The van der Waals surface area contributed by atoms with E-state index in [0.29, 0.717) is 23.4 Å². The van der Waals surface area contributed by atoms with Crippen LogP contribution < -0.4 is 10.6 Å². The molecule has 0 atom stereocenters. The zero-order valence-electron chi connectivity index (χ0n) is 16.6. The molecule has 0 bridgehead atoms. The van der Waals surface area contributed by atoms with Crippen molar-refractivity contribution in [2.75, 3.05) is 18.4 Å². The average Bonchev–Trinajstić information content (AvgIpc) is 3.52. The summed E-state index contributed by atoms with van der Waals surface area (Å²) < 4.78 is 0. The van der Waals surface area contributed by atoms with E-state index in [1.807, 2.05) is 30.3 Å². The van der Waals surface area contributed by atoms with Gasteiger partial charge in [0.15, 0.2) is 0 Å². The number of nitrogens with zero attached hydrogens (tertiary/aromatic N) is 1. The number of rotatable bonds is 5. The van der Waals surface area contributed by atoms with Crippen LogP contribution in [-0.2, 0) is 13.1 Å². The Morgan fingerprint density at radius 1 is 1.03 bits per heavy atom. The van der Waals surface area contributed by atoms with Gasteiger partial charge in [-0.3, -0.25) is 14.5 Å². The summed E-state index contributed by atoms with van der Waals surface area (Å²) in [5, 5.41) is 5.84. The Morgan fingerprint density at radius 2 is 1.83 bits per heavy atom. The number of anilines is 1. The van der Waals surface area contributed by atoms with Gasteiger partial charge in [-0.1, -0.05) is 24.3 Å². The van der Waals surface area contributed by atoms with Crippen LogP contribution in [0.2, 0.25) is 0 Å². The molecule has 5 nitrogen and oxygen atoms in total. The SMILES string of the molecule is O=C(Nc1ccc(-c2ccc(CN3CCCC3)s2)c2c1C(=O)NC2)c1ccccc1. The molecule has 3 aromatic rings. The Hall–Kier alpha value is -2.96. The van der Waals surface area contributed by atoms with Gasteiger partial charge in [-0.05, 0) is 67.4 Å². The molecule has 152 valence electrons. The zero-order chi connectivity index (χ0) is 20.5. The number of fused-ring (bicyclic) bond motifs is 1. The summed E-state index contributed by atoms with van der Waals surface area (Å²) in [6, 6.07) is 17.3. The molecule has 0 radical (unpaired) electrons. The lowest BCUT2D eigenvalue weighted by molar-refractivity contribution is 0.0966. The van der Waals surface area contributed by atoms with E-state index in [0.717, 1.165) is 22.5 Å². The van der Waals surface area contributed by atoms with Crippen LogP contribution in [0.15, 0.2) is 54.6 Å². The first-order valence-electron chi connectivity index (χ1n) is 10.3. The molecule has 2 N–H and O–H groups in total. The van der Waals surface area contributed by atoms with Crippen molar-refractivity contribution in [1.82, 2.24) is 10.2 Å². The lowest BCUT2D eigenvalue weighted by atomic mass is 9.99. The molecule has 2 aliphatic rings. The van der Waals surface area contributed by atoms with Crippen LogP contribution in [-0.4, -0.2) is 29.8 Å². The molecule has 0 aliphatic carbocycles. The van der Waals surface area contributed by atoms with Gasteiger partial charge in [0.05, 0.1) is 11.3 Å². The summed E-state index contributed by atoms with van der Waals surface area (Å²) in [5.74, 6) is -0.349. The van der Waals surface area contributed by atoms with Crippen molar-refractivity contribution in [1.29, 1.82) is 0 Å². The maximum absolute atomic E-state index is 12.6. The molecule has 2 aromatic carbocycles. The molecule has 0 unspecified atom stereocenters. The van der Waals surface area contributed by atoms with E-state index in [2.05, 4.69) is 27.7 Å². The van der Waals surface area contributed by atoms with Crippen LogP contribution in [0.25, 0.3) is 10.4 Å². The molecule has 5 rings (SSSR count). The van der Waals surface area contributed by atoms with E-state index in [-0.39, 0.29) is 11.8 Å². The molecule has 1 saturated heterocycles. The Bertz CT molecular complexity index is 1100. The summed E-state index contributed by atoms with van der Waals surface area (Å²) in [6.07, 6.45) is 2.57. The first-order chi connectivity index (χ1) is 14.7. The Balaban J connectivity index is 1.43. The first-order valence-corrected chi connectivity index (χ1v) is 11.1. The van der Waals surface area contributed by atoms with Gasteiger partial charge in [-0.15, -0.1) is 11.3 Å². The van der Waals surface area contributed by atoms with Crippen LogP contribution in [0.5, 0.6) is 0 Å². The predicted octanol–water partition coefficient (Wildman–Crippen LogP) is 4.51. The molecule has 1 fully saturated rings. The summed E-state index contributed by atoms with van der Waals surface area (Å²) >= 11 is 1.79. The zero-order valence-corrected chi connectivity index (χ0v) is 17.4. The van der Waals surface area contributed by atoms with Gasteiger partial charge in [0, 0.05) is 28.4 Å². The highest BCUT2D eigenvalue weighted by atomic mass is 32.1. The Labute approximate surface area is 179 Å². The largest absolute Gasteiger partial charge is 0.348 e. The van der Waals surface area contributed by atoms with Crippen molar-refractivity contribution in [2.24, 2.45) is 0 Å². The second kappa shape index (κ2) is 8.05. The van der Waals surface area contributed by atoms with Crippen LogP contribution in [0, 0.1) is 0 Å². The van der Waals surface area contributed by atoms with Crippen molar-refractivity contribution < 1.29 is 9.59 Å². The first kappa shape index (κ1) is 19.0. The number of hydrogen-bond acceptors (Lipinski definition) is 4. The van der Waals surface area contributed by atoms with E-state index < -0.39 is 0 Å². The minimum atomic E-state index is -0.214. The highest BCUT2D eigenvalue weighted by Crippen LogP contribution is 2.37. The summed E-state index contributed by atoms with van der Waals surface area (Å²) in [7, 11) is 0. The second-order valence-electron chi connectivity index (χ2n) is 7.77. The van der Waals surface area contributed by atoms with Crippen molar-refractivity contribution in [2.45, 2.75) is 25.9 Å². The Morgan fingerprint density at radius 3 is 2.63 bits per heavy atom. The number of carbonyl (C=O) groups is 2. The van der Waals surface area contributed by atoms with Gasteiger partial charge in [-0.25, -0.2) is 0 Å². The summed E-state index contributed by atoms with van der Waals surface area (Å²) in [6.45, 7) is 3.83. The average molecular weight is 418 g/mol. The molecular formula is C24H23N3O2S. The van der Waals surface area contributed by atoms with E-state index in [1.165, 1.54) is 30.8 Å². The van der Waals surface area contributed by atoms with E-state index >= 15 is 0 Å². The fourth-order valence-electron chi connectivity index (χ4n) is 4.24. The van der Waals surface area contributed by atoms with E-state index in [9.17, 15) is 9.59 Å². The number of hydrogen-bond donors (Lipinski definition) is 2. The number of benzene rings is 2. The second-order valence-corrected chi connectivity index (χ2v) is 8.93. The molecule has 0 saturated carbocycles. The Kier molecular flexibility index (Phi) is 5.11. The fourth-order valence-corrected chi connectivity index (χ4v) is 5.34. The standard InChI is InChI=1S/C24H23N3O2S/c28-23(16-6-2-1-3-7-16)26-20-10-9-18(19-14-25-24(29)22(19)20)21-11-8-17(30-21)15-27-12-4-5-13-27/h1-3,6-11H,4-5,12-15H2,(H,25,29)(H,26,28). The van der Waals surface area contributed by atoms with Crippen molar-refractivity contribution in [3.05, 3.63) is 76.2 Å². The number of thiophene rings is 1. The molecule has 3 heterocycles. The van der Waals surface area contributed by atoms with Gasteiger partial charge < -0.3 is 10.6 Å². The van der Waals surface area contributed by atoms with Crippen LogP contribution in [0.4, 0.5) is 5.69 Å². The van der Waals surface area contributed by atoms with Gasteiger partial charge in [0.2, 0.25) is 0 Å². The monoisotopic (exact) mass is 417 g/mol. The minimum Gasteiger partial charge on any atom is -0.348 e. The maximum atomic E-state index is 12.6.